The van der Waals surface area contributed by atoms with E-state index in [2.05, 4.69) is 15.9 Å². The Morgan fingerprint density at radius 3 is 2.65 bits per heavy atom. The van der Waals surface area contributed by atoms with Crippen LogP contribution in [0.2, 0.25) is 0 Å². The molecule has 0 bridgehead atoms. The third-order valence-corrected chi connectivity index (χ3v) is 3.14. The van der Waals surface area contributed by atoms with E-state index in [9.17, 15) is 8.78 Å². The minimum Gasteiger partial charge on any atom is -0.486 e. The molecule has 0 aromatic heterocycles. The van der Waals surface area contributed by atoms with Gasteiger partial charge < -0.3 is 10.5 Å². The molecule has 6 heteroatoms. The monoisotopic (exact) mass is 340 g/mol. The summed E-state index contributed by atoms with van der Waals surface area (Å²) in [6.07, 6.45) is 0. The van der Waals surface area contributed by atoms with E-state index in [1.54, 1.807) is 12.1 Å². The summed E-state index contributed by atoms with van der Waals surface area (Å²) in [6, 6.07) is 8.81. The van der Waals surface area contributed by atoms with E-state index in [-0.39, 0.29) is 29.3 Å². The van der Waals surface area contributed by atoms with Crippen molar-refractivity contribution in [2.45, 2.75) is 6.61 Å². The Kier molecular flexibility index (Phi) is 4.34. The van der Waals surface area contributed by atoms with Crippen LogP contribution in [0.3, 0.4) is 0 Å². The SMILES string of the molecule is N=C(N)c1cccc(COc2ccc(Br)cc2F)c1F. The molecule has 2 aromatic rings. The minimum atomic E-state index is -0.627. The summed E-state index contributed by atoms with van der Waals surface area (Å²) in [4.78, 5) is 0. The van der Waals surface area contributed by atoms with Crippen LogP contribution in [0, 0.1) is 17.0 Å². The van der Waals surface area contributed by atoms with Gasteiger partial charge in [0.15, 0.2) is 11.6 Å². The van der Waals surface area contributed by atoms with Crippen molar-refractivity contribution in [2.75, 3.05) is 0 Å². The fourth-order valence-electron chi connectivity index (χ4n) is 1.65. The highest BCUT2D eigenvalue weighted by Crippen LogP contribution is 2.23. The van der Waals surface area contributed by atoms with Gasteiger partial charge in [-0.15, -0.1) is 0 Å². The van der Waals surface area contributed by atoms with Gasteiger partial charge in [0.05, 0.1) is 5.56 Å². The van der Waals surface area contributed by atoms with Gasteiger partial charge in [-0.3, -0.25) is 5.41 Å². The smallest absolute Gasteiger partial charge is 0.166 e. The Balaban J connectivity index is 2.19. The van der Waals surface area contributed by atoms with Crippen LogP contribution in [-0.2, 0) is 6.61 Å². The van der Waals surface area contributed by atoms with Crippen LogP contribution >= 0.6 is 15.9 Å². The highest BCUT2D eigenvalue weighted by molar-refractivity contribution is 9.10. The van der Waals surface area contributed by atoms with Crippen LogP contribution in [0.1, 0.15) is 11.1 Å². The number of nitrogen functional groups attached to an aromatic ring is 1. The summed E-state index contributed by atoms with van der Waals surface area (Å²) in [6.45, 7) is -0.147. The molecule has 20 heavy (non-hydrogen) atoms. The molecule has 0 saturated carbocycles. The van der Waals surface area contributed by atoms with Crippen LogP contribution in [0.15, 0.2) is 40.9 Å². The highest BCUT2D eigenvalue weighted by Gasteiger charge is 2.11. The molecule has 3 nitrogen and oxygen atoms in total. The molecule has 0 aliphatic carbocycles. The predicted octanol–water partition coefficient (Wildman–Crippen LogP) is 3.59. The molecule has 3 N–H and O–H groups in total. The van der Waals surface area contributed by atoms with Crippen LogP contribution in [0.4, 0.5) is 8.78 Å². The Hall–Kier alpha value is -1.95. The fraction of sp³-hybridized carbons (Fsp3) is 0.0714. The van der Waals surface area contributed by atoms with E-state index in [1.807, 2.05) is 0 Å². The van der Waals surface area contributed by atoms with Crippen molar-refractivity contribution in [3.63, 3.8) is 0 Å². The zero-order valence-electron chi connectivity index (χ0n) is 10.3. The molecule has 0 saturated heterocycles. The van der Waals surface area contributed by atoms with Crippen molar-refractivity contribution in [3.8, 4) is 5.75 Å². The lowest BCUT2D eigenvalue weighted by molar-refractivity contribution is 0.284. The third kappa shape index (κ3) is 3.14. The Morgan fingerprint density at radius 1 is 1.25 bits per heavy atom. The van der Waals surface area contributed by atoms with E-state index in [0.717, 1.165) is 0 Å². The molecule has 0 heterocycles. The lowest BCUT2D eigenvalue weighted by atomic mass is 10.1. The average Bonchev–Trinajstić information content (AvgIpc) is 2.39. The van der Waals surface area contributed by atoms with Gasteiger partial charge in [0.2, 0.25) is 0 Å². The van der Waals surface area contributed by atoms with Gasteiger partial charge in [0, 0.05) is 10.0 Å². The first-order valence-corrected chi connectivity index (χ1v) is 6.48. The number of hydrogen-bond donors (Lipinski definition) is 2. The average molecular weight is 341 g/mol. The molecule has 0 radical (unpaired) electrons. The number of amidine groups is 1. The predicted molar refractivity (Wildman–Crippen MR) is 75.8 cm³/mol. The number of hydrogen-bond acceptors (Lipinski definition) is 2. The quantitative estimate of drug-likeness (QED) is 0.660. The maximum atomic E-state index is 14.0. The molecule has 0 amide bonds. The molecular weight excluding hydrogens is 330 g/mol. The lowest BCUT2D eigenvalue weighted by Crippen LogP contribution is -2.14. The number of rotatable bonds is 4. The highest BCUT2D eigenvalue weighted by atomic mass is 79.9. The van der Waals surface area contributed by atoms with E-state index in [1.165, 1.54) is 24.3 Å². The van der Waals surface area contributed by atoms with E-state index >= 15 is 0 Å². The van der Waals surface area contributed by atoms with Crippen LogP contribution in [-0.4, -0.2) is 5.84 Å². The summed E-state index contributed by atoms with van der Waals surface area (Å²) in [5.41, 5.74) is 5.48. The summed E-state index contributed by atoms with van der Waals surface area (Å²) < 4.78 is 33.4. The van der Waals surface area contributed by atoms with Gasteiger partial charge in [-0.1, -0.05) is 28.1 Å². The molecule has 104 valence electrons. The summed E-state index contributed by atoms with van der Waals surface area (Å²) in [5, 5.41) is 7.26. The van der Waals surface area contributed by atoms with Gasteiger partial charge >= 0.3 is 0 Å². The van der Waals surface area contributed by atoms with E-state index in [4.69, 9.17) is 15.9 Å². The second-order valence-electron chi connectivity index (χ2n) is 4.06. The second kappa shape index (κ2) is 6.00. The number of halogens is 3. The van der Waals surface area contributed by atoms with Gasteiger partial charge in [-0.05, 0) is 24.3 Å². The number of nitrogens with one attached hydrogen (secondary N) is 1. The zero-order valence-corrected chi connectivity index (χ0v) is 11.9. The van der Waals surface area contributed by atoms with Crippen LogP contribution in [0.25, 0.3) is 0 Å². The molecule has 2 aromatic carbocycles. The molecule has 0 atom stereocenters. The maximum Gasteiger partial charge on any atom is 0.166 e. The number of nitrogens with two attached hydrogens (primary N) is 1. The minimum absolute atomic E-state index is 0.00220. The lowest BCUT2D eigenvalue weighted by Gasteiger charge is -2.10. The topological polar surface area (TPSA) is 59.1 Å². The first kappa shape index (κ1) is 14.5. The number of ether oxygens (including phenoxy) is 1. The normalized spacial score (nSPS) is 10.3. The second-order valence-corrected chi connectivity index (χ2v) is 4.97. The Labute approximate surface area is 123 Å². The van der Waals surface area contributed by atoms with Gasteiger partial charge in [0.25, 0.3) is 0 Å². The molecular formula is C14H11BrF2N2O. The standard InChI is InChI=1S/C14H11BrF2N2O/c15-9-4-5-12(11(16)6-9)20-7-8-2-1-3-10(13(8)17)14(18)19/h1-6H,7H2,(H3,18,19). The van der Waals surface area contributed by atoms with Crippen molar-refractivity contribution in [1.82, 2.24) is 0 Å². The number of benzene rings is 2. The summed E-state index contributed by atoms with van der Waals surface area (Å²) in [7, 11) is 0. The summed E-state index contributed by atoms with van der Waals surface area (Å²) >= 11 is 3.14. The largest absolute Gasteiger partial charge is 0.486 e. The summed E-state index contributed by atoms with van der Waals surface area (Å²) in [5.74, 6) is -1.50. The Bertz CT molecular complexity index is 662. The van der Waals surface area contributed by atoms with Crippen molar-refractivity contribution < 1.29 is 13.5 Å². The third-order valence-electron chi connectivity index (χ3n) is 2.65. The Morgan fingerprint density at radius 2 is 2.00 bits per heavy atom. The van der Waals surface area contributed by atoms with Crippen molar-refractivity contribution >= 4 is 21.8 Å². The molecule has 0 aliphatic rings. The van der Waals surface area contributed by atoms with Crippen LogP contribution in [0.5, 0.6) is 5.75 Å². The zero-order chi connectivity index (χ0) is 14.7. The van der Waals surface area contributed by atoms with Crippen molar-refractivity contribution in [2.24, 2.45) is 5.73 Å². The molecule has 2 rings (SSSR count). The first-order chi connectivity index (χ1) is 9.49. The maximum absolute atomic E-state index is 14.0. The van der Waals surface area contributed by atoms with Crippen LogP contribution < -0.4 is 10.5 Å². The first-order valence-electron chi connectivity index (χ1n) is 5.68. The van der Waals surface area contributed by atoms with E-state index in [0.29, 0.717) is 4.47 Å². The van der Waals surface area contributed by atoms with Gasteiger partial charge in [-0.2, -0.15) is 0 Å². The van der Waals surface area contributed by atoms with Crippen molar-refractivity contribution in [3.05, 3.63) is 63.6 Å². The van der Waals surface area contributed by atoms with Crippen molar-refractivity contribution in [1.29, 1.82) is 5.41 Å². The fourth-order valence-corrected chi connectivity index (χ4v) is 1.98. The van der Waals surface area contributed by atoms with E-state index < -0.39 is 11.6 Å². The molecule has 0 aliphatic heterocycles. The molecule has 0 spiro atoms. The molecule has 0 unspecified atom stereocenters. The van der Waals surface area contributed by atoms with Gasteiger partial charge in [-0.25, -0.2) is 8.78 Å². The van der Waals surface area contributed by atoms with Gasteiger partial charge in [0.1, 0.15) is 18.3 Å². The molecule has 0 fully saturated rings.